The van der Waals surface area contributed by atoms with Crippen molar-refractivity contribution in [3.05, 3.63) is 69.5 Å². The van der Waals surface area contributed by atoms with Gasteiger partial charge in [0.25, 0.3) is 5.56 Å². The summed E-state index contributed by atoms with van der Waals surface area (Å²) in [4.78, 5) is 33.8. The third kappa shape index (κ3) is 5.54. The lowest BCUT2D eigenvalue weighted by Gasteiger charge is -2.26. The maximum absolute atomic E-state index is 13.3. The fraction of sp³-hybridized carbons (Fsp3) is 0.423. The molecule has 0 amide bonds. The number of para-hydroxylation sites is 1. The van der Waals surface area contributed by atoms with Gasteiger partial charge in [0.05, 0.1) is 29.4 Å². The first-order valence-corrected chi connectivity index (χ1v) is 12.4. The zero-order chi connectivity index (χ0) is 23.4. The first-order chi connectivity index (χ1) is 15.9. The van der Waals surface area contributed by atoms with Crippen LogP contribution in [0, 0.1) is 13.8 Å². The van der Waals surface area contributed by atoms with Crippen molar-refractivity contribution in [3.63, 3.8) is 0 Å². The minimum Gasteiger partial charge on any atom is -0.379 e. The average Bonchev–Trinajstić information content (AvgIpc) is 2.82. The molecule has 33 heavy (non-hydrogen) atoms. The Morgan fingerprint density at radius 1 is 1.12 bits per heavy atom. The predicted octanol–water partition coefficient (Wildman–Crippen LogP) is 4.10. The maximum Gasteiger partial charge on any atom is 0.262 e. The van der Waals surface area contributed by atoms with E-state index in [0.29, 0.717) is 22.6 Å². The second kappa shape index (κ2) is 10.6. The summed E-state index contributed by atoms with van der Waals surface area (Å²) >= 11 is 1.37. The number of carbonyl (C=O) groups excluding carboxylic acids is 1. The molecule has 1 aliphatic heterocycles. The average molecular weight is 466 g/mol. The van der Waals surface area contributed by atoms with Gasteiger partial charge in [-0.05, 0) is 51.0 Å². The number of aryl methyl sites for hydroxylation is 2. The summed E-state index contributed by atoms with van der Waals surface area (Å²) in [5.74, 6) is 0.0588. The molecule has 2 heterocycles. The summed E-state index contributed by atoms with van der Waals surface area (Å²) in [6.45, 7) is 10.7. The van der Waals surface area contributed by atoms with Gasteiger partial charge < -0.3 is 4.74 Å². The molecule has 6 nitrogen and oxygen atoms in total. The molecule has 3 aromatic rings. The van der Waals surface area contributed by atoms with E-state index in [2.05, 4.69) is 4.90 Å². The van der Waals surface area contributed by atoms with E-state index >= 15 is 0 Å². The molecule has 1 saturated heterocycles. The Balaban J connectivity index is 1.59. The van der Waals surface area contributed by atoms with E-state index in [1.165, 1.54) is 11.8 Å². The van der Waals surface area contributed by atoms with Crippen LogP contribution in [0.5, 0.6) is 0 Å². The Bertz CT molecular complexity index is 1200. The van der Waals surface area contributed by atoms with Crippen LogP contribution < -0.4 is 5.56 Å². The second-order valence-corrected chi connectivity index (χ2v) is 9.93. The summed E-state index contributed by atoms with van der Waals surface area (Å²) in [6.07, 6.45) is 0.840. The van der Waals surface area contributed by atoms with Gasteiger partial charge in [-0.25, -0.2) is 4.98 Å². The Morgan fingerprint density at radius 2 is 1.88 bits per heavy atom. The highest BCUT2D eigenvalue weighted by atomic mass is 32.2. The van der Waals surface area contributed by atoms with Crippen molar-refractivity contribution in [2.75, 3.05) is 32.8 Å². The Hall–Kier alpha value is -2.48. The first kappa shape index (κ1) is 23.7. The molecule has 7 heteroatoms. The van der Waals surface area contributed by atoms with Crippen LogP contribution >= 0.6 is 11.8 Å². The summed E-state index contributed by atoms with van der Waals surface area (Å²) in [5.41, 5.74) is 3.38. The SMILES string of the molecule is Cc1ccc(C)c(C(=O)C(C)Sc2nc3ccccc3c(=O)n2CCCN2CCOCC2)c1. The molecule has 4 rings (SSSR count). The van der Waals surface area contributed by atoms with Crippen molar-refractivity contribution in [2.24, 2.45) is 0 Å². The Morgan fingerprint density at radius 3 is 2.67 bits per heavy atom. The lowest BCUT2D eigenvalue weighted by atomic mass is 10.0. The molecule has 1 unspecified atom stereocenters. The van der Waals surface area contributed by atoms with Crippen LogP contribution in [0.1, 0.15) is 34.8 Å². The molecule has 0 radical (unpaired) electrons. The third-order valence-electron chi connectivity index (χ3n) is 6.10. The van der Waals surface area contributed by atoms with Crippen LogP contribution in [-0.2, 0) is 11.3 Å². The monoisotopic (exact) mass is 465 g/mol. The molecule has 0 saturated carbocycles. The quantitative estimate of drug-likeness (QED) is 0.284. The number of aromatic nitrogens is 2. The highest BCUT2D eigenvalue weighted by Gasteiger charge is 2.22. The summed E-state index contributed by atoms with van der Waals surface area (Å²) in [6, 6.07) is 13.4. The van der Waals surface area contributed by atoms with E-state index in [1.807, 2.05) is 63.2 Å². The van der Waals surface area contributed by atoms with Crippen LogP contribution in [0.25, 0.3) is 10.9 Å². The van der Waals surface area contributed by atoms with Gasteiger partial charge in [0.2, 0.25) is 0 Å². The lowest BCUT2D eigenvalue weighted by molar-refractivity contribution is 0.0368. The molecule has 2 aromatic carbocycles. The number of nitrogens with zero attached hydrogens (tertiary/aromatic N) is 3. The molecular formula is C26H31N3O3S. The molecule has 0 N–H and O–H groups in total. The summed E-state index contributed by atoms with van der Waals surface area (Å²) < 4.78 is 7.18. The van der Waals surface area contributed by atoms with Crippen LogP contribution in [0.15, 0.2) is 52.4 Å². The van der Waals surface area contributed by atoms with Crippen molar-refractivity contribution in [1.82, 2.24) is 14.5 Å². The number of carbonyl (C=O) groups is 1. The van der Waals surface area contributed by atoms with Crippen molar-refractivity contribution in [3.8, 4) is 0 Å². The number of fused-ring (bicyclic) bond motifs is 1. The minimum atomic E-state index is -0.357. The molecule has 0 bridgehead atoms. The van der Waals surface area contributed by atoms with E-state index in [1.54, 1.807) is 4.57 Å². The van der Waals surface area contributed by atoms with Crippen molar-refractivity contribution < 1.29 is 9.53 Å². The Kier molecular flexibility index (Phi) is 7.63. The van der Waals surface area contributed by atoms with Gasteiger partial charge in [0.1, 0.15) is 0 Å². The first-order valence-electron chi connectivity index (χ1n) is 11.5. The van der Waals surface area contributed by atoms with Gasteiger partial charge in [-0.3, -0.25) is 19.1 Å². The van der Waals surface area contributed by atoms with E-state index in [4.69, 9.17) is 9.72 Å². The highest BCUT2D eigenvalue weighted by molar-refractivity contribution is 8.00. The second-order valence-electron chi connectivity index (χ2n) is 8.62. The maximum atomic E-state index is 13.3. The standard InChI is InChI=1S/C26H31N3O3S/c1-18-9-10-19(2)22(17-18)24(30)20(3)33-26-27-23-8-5-4-7-21(23)25(31)29(26)12-6-11-28-13-15-32-16-14-28/h4-5,7-10,17,20H,6,11-16H2,1-3H3. The normalized spacial score (nSPS) is 15.6. The highest BCUT2D eigenvalue weighted by Crippen LogP contribution is 2.26. The van der Waals surface area contributed by atoms with Gasteiger partial charge in [-0.15, -0.1) is 0 Å². The zero-order valence-electron chi connectivity index (χ0n) is 19.5. The van der Waals surface area contributed by atoms with Gasteiger partial charge in [-0.1, -0.05) is 41.6 Å². The summed E-state index contributed by atoms with van der Waals surface area (Å²) in [7, 11) is 0. The number of ketones is 1. The Labute approximate surface area is 199 Å². The number of morpholine rings is 1. The van der Waals surface area contributed by atoms with E-state index < -0.39 is 0 Å². The molecule has 1 aromatic heterocycles. The number of hydrogen-bond acceptors (Lipinski definition) is 6. The largest absolute Gasteiger partial charge is 0.379 e. The van der Waals surface area contributed by atoms with Crippen LogP contribution in [-0.4, -0.2) is 58.3 Å². The number of ether oxygens (including phenoxy) is 1. The fourth-order valence-corrected chi connectivity index (χ4v) is 5.15. The topological polar surface area (TPSA) is 64.4 Å². The predicted molar refractivity (Wildman–Crippen MR) is 133 cm³/mol. The molecule has 174 valence electrons. The van der Waals surface area contributed by atoms with Gasteiger partial charge in [0.15, 0.2) is 10.9 Å². The van der Waals surface area contributed by atoms with Gasteiger partial charge in [-0.2, -0.15) is 0 Å². The molecule has 0 spiro atoms. The molecular weight excluding hydrogens is 434 g/mol. The van der Waals surface area contributed by atoms with Crippen molar-refractivity contribution in [1.29, 1.82) is 0 Å². The van der Waals surface area contributed by atoms with Crippen LogP contribution in [0.3, 0.4) is 0 Å². The van der Waals surface area contributed by atoms with Crippen molar-refractivity contribution >= 4 is 28.4 Å². The van der Waals surface area contributed by atoms with E-state index in [-0.39, 0.29) is 16.6 Å². The number of thioether (sulfide) groups is 1. The molecule has 1 atom stereocenters. The summed E-state index contributed by atoms with van der Waals surface area (Å²) in [5, 5.41) is 0.859. The smallest absolute Gasteiger partial charge is 0.262 e. The molecule has 1 fully saturated rings. The number of benzene rings is 2. The lowest BCUT2D eigenvalue weighted by Crippen LogP contribution is -2.37. The van der Waals surface area contributed by atoms with E-state index in [9.17, 15) is 9.59 Å². The molecule has 1 aliphatic rings. The fourth-order valence-electron chi connectivity index (χ4n) is 4.14. The van der Waals surface area contributed by atoms with Crippen LogP contribution in [0.2, 0.25) is 0 Å². The van der Waals surface area contributed by atoms with E-state index in [0.717, 1.165) is 56.0 Å². The van der Waals surface area contributed by atoms with Crippen LogP contribution in [0.4, 0.5) is 0 Å². The van der Waals surface area contributed by atoms with Gasteiger partial charge in [0, 0.05) is 31.7 Å². The minimum absolute atomic E-state index is 0.0449. The number of Topliss-reactive ketones (excluding diaryl/α,β-unsaturated/α-hetero) is 1. The number of hydrogen-bond donors (Lipinski definition) is 0. The zero-order valence-corrected chi connectivity index (χ0v) is 20.4. The molecule has 0 aliphatic carbocycles. The van der Waals surface area contributed by atoms with Crippen molar-refractivity contribution in [2.45, 2.75) is 44.1 Å². The number of rotatable bonds is 8. The third-order valence-corrected chi connectivity index (χ3v) is 7.19. The van der Waals surface area contributed by atoms with Gasteiger partial charge >= 0.3 is 0 Å².